The third kappa shape index (κ3) is 5.95. The van der Waals surface area contributed by atoms with E-state index in [9.17, 15) is 27.2 Å². The Balaban J connectivity index is 1.99. The van der Waals surface area contributed by atoms with E-state index >= 15 is 0 Å². The minimum absolute atomic E-state index is 0.0424. The van der Waals surface area contributed by atoms with E-state index in [1.807, 2.05) is 20.8 Å². The molecule has 192 valence electrons. The van der Waals surface area contributed by atoms with Gasteiger partial charge in [-0.1, -0.05) is 45.0 Å². The molecule has 0 aliphatic rings. The molecule has 0 aliphatic carbocycles. The lowest BCUT2D eigenvalue weighted by Gasteiger charge is -2.32. The Labute approximate surface area is 206 Å². The Bertz CT molecular complexity index is 1250. The summed E-state index contributed by atoms with van der Waals surface area (Å²) >= 11 is 0. The molecule has 0 unspecified atom stereocenters. The van der Waals surface area contributed by atoms with Crippen LogP contribution < -0.4 is 10.1 Å². The van der Waals surface area contributed by atoms with Crippen LogP contribution in [0.25, 0.3) is 10.8 Å². The Kier molecular flexibility index (Phi) is 7.91. The summed E-state index contributed by atoms with van der Waals surface area (Å²) in [6.07, 6.45) is -3.91. The standard InChI is InChI=1S/C27H27F4NO4/c1-5-26(2,3)23(25(34)35-4)32-24(33)20-13-9-17-8-12-19(28)14-21(17)22(20)36-15-16-6-10-18(11-7-16)27(29,30)31/h6-14,23H,5,15H2,1-4H3,(H,32,33)/t23-/m1/s1. The lowest BCUT2D eigenvalue weighted by atomic mass is 9.81. The van der Waals surface area contributed by atoms with Crippen molar-refractivity contribution in [3.05, 3.63) is 77.1 Å². The monoisotopic (exact) mass is 505 g/mol. The molecule has 0 aromatic heterocycles. The topological polar surface area (TPSA) is 64.6 Å². The SMILES string of the molecule is CCC(C)(C)[C@H](NC(=O)c1ccc2ccc(F)cc2c1OCc1ccc(C(F)(F)F)cc1)C(=O)OC. The van der Waals surface area contributed by atoms with Crippen molar-refractivity contribution in [3.8, 4) is 5.75 Å². The van der Waals surface area contributed by atoms with Gasteiger partial charge < -0.3 is 14.8 Å². The molecule has 1 N–H and O–H groups in total. The van der Waals surface area contributed by atoms with Crippen molar-refractivity contribution in [1.82, 2.24) is 5.32 Å². The first-order chi connectivity index (χ1) is 16.9. The highest BCUT2D eigenvalue weighted by Gasteiger charge is 2.37. The van der Waals surface area contributed by atoms with Crippen LogP contribution in [0.3, 0.4) is 0 Å². The number of benzene rings is 3. The van der Waals surface area contributed by atoms with Gasteiger partial charge in [-0.05, 0) is 53.1 Å². The molecule has 0 aliphatic heterocycles. The summed E-state index contributed by atoms with van der Waals surface area (Å²) in [6.45, 7) is 5.33. The fraction of sp³-hybridized carbons (Fsp3) is 0.333. The molecule has 36 heavy (non-hydrogen) atoms. The van der Waals surface area contributed by atoms with E-state index in [4.69, 9.17) is 9.47 Å². The molecule has 0 radical (unpaired) electrons. The highest BCUT2D eigenvalue weighted by Crippen LogP contribution is 2.33. The lowest BCUT2D eigenvalue weighted by molar-refractivity contribution is -0.146. The third-order valence-corrected chi connectivity index (χ3v) is 6.25. The summed E-state index contributed by atoms with van der Waals surface area (Å²) in [5.41, 5.74) is -0.971. The average molecular weight is 506 g/mol. The first-order valence-corrected chi connectivity index (χ1v) is 11.3. The number of ether oxygens (including phenoxy) is 2. The summed E-state index contributed by atoms with van der Waals surface area (Å²) in [6, 6.07) is 10.5. The van der Waals surface area contributed by atoms with Crippen LogP contribution >= 0.6 is 0 Å². The molecule has 0 fully saturated rings. The second-order valence-electron chi connectivity index (χ2n) is 9.06. The smallest absolute Gasteiger partial charge is 0.416 e. The summed E-state index contributed by atoms with van der Waals surface area (Å²) in [5, 5.41) is 3.60. The predicted octanol–water partition coefficient (Wildman–Crippen LogP) is 6.28. The number of hydrogen-bond acceptors (Lipinski definition) is 4. The van der Waals surface area contributed by atoms with Crippen molar-refractivity contribution in [2.24, 2.45) is 5.41 Å². The van der Waals surface area contributed by atoms with Crippen molar-refractivity contribution < 1.29 is 36.6 Å². The van der Waals surface area contributed by atoms with E-state index in [1.54, 1.807) is 6.07 Å². The van der Waals surface area contributed by atoms with Crippen LogP contribution in [0.4, 0.5) is 17.6 Å². The molecule has 3 rings (SSSR count). The molecule has 0 heterocycles. The fourth-order valence-corrected chi connectivity index (χ4v) is 3.65. The second-order valence-corrected chi connectivity index (χ2v) is 9.06. The number of carbonyl (C=O) groups excluding carboxylic acids is 2. The first kappa shape index (κ1) is 27.0. The molecule has 3 aromatic carbocycles. The zero-order valence-electron chi connectivity index (χ0n) is 20.3. The molecule has 5 nitrogen and oxygen atoms in total. The van der Waals surface area contributed by atoms with Crippen LogP contribution in [0.15, 0.2) is 54.6 Å². The minimum Gasteiger partial charge on any atom is -0.487 e. The van der Waals surface area contributed by atoms with E-state index < -0.39 is 40.9 Å². The molecular formula is C27H27F4NO4. The number of rotatable bonds is 8. The van der Waals surface area contributed by atoms with Crippen LogP contribution in [0, 0.1) is 11.2 Å². The van der Waals surface area contributed by atoms with E-state index in [0.717, 1.165) is 12.1 Å². The average Bonchev–Trinajstić information content (AvgIpc) is 2.84. The summed E-state index contributed by atoms with van der Waals surface area (Å²) < 4.78 is 63.5. The van der Waals surface area contributed by atoms with Crippen LogP contribution in [0.5, 0.6) is 5.75 Å². The van der Waals surface area contributed by atoms with Crippen LogP contribution in [0.1, 0.15) is 48.7 Å². The van der Waals surface area contributed by atoms with Crippen LogP contribution in [0.2, 0.25) is 0 Å². The number of amides is 1. The summed E-state index contributed by atoms with van der Waals surface area (Å²) in [5.74, 6) is -1.77. The molecule has 0 bridgehead atoms. The van der Waals surface area contributed by atoms with E-state index in [-0.39, 0.29) is 17.9 Å². The molecule has 1 atom stereocenters. The number of hydrogen-bond donors (Lipinski definition) is 1. The maximum absolute atomic E-state index is 14.1. The largest absolute Gasteiger partial charge is 0.487 e. The van der Waals surface area contributed by atoms with Crippen molar-refractivity contribution in [3.63, 3.8) is 0 Å². The number of carbonyl (C=O) groups is 2. The van der Waals surface area contributed by atoms with Gasteiger partial charge in [-0.25, -0.2) is 9.18 Å². The molecule has 9 heteroatoms. The van der Waals surface area contributed by atoms with E-state index in [1.165, 1.54) is 43.5 Å². The number of halogens is 4. The fourth-order valence-electron chi connectivity index (χ4n) is 3.65. The second kappa shape index (κ2) is 10.6. The Morgan fingerprint density at radius 2 is 1.64 bits per heavy atom. The zero-order chi connectivity index (χ0) is 26.7. The number of alkyl halides is 3. The number of esters is 1. The third-order valence-electron chi connectivity index (χ3n) is 6.25. The number of nitrogens with one attached hydrogen (secondary N) is 1. The molecular weight excluding hydrogens is 478 g/mol. The van der Waals surface area contributed by atoms with E-state index in [0.29, 0.717) is 22.8 Å². The van der Waals surface area contributed by atoms with Gasteiger partial charge in [0.25, 0.3) is 5.91 Å². The predicted molar refractivity (Wildman–Crippen MR) is 127 cm³/mol. The Morgan fingerprint density at radius 3 is 2.22 bits per heavy atom. The molecule has 0 saturated heterocycles. The van der Waals surface area contributed by atoms with Gasteiger partial charge in [0.05, 0.1) is 18.2 Å². The first-order valence-electron chi connectivity index (χ1n) is 11.3. The van der Waals surface area contributed by atoms with Crippen molar-refractivity contribution in [1.29, 1.82) is 0 Å². The zero-order valence-corrected chi connectivity index (χ0v) is 20.3. The molecule has 3 aromatic rings. The molecule has 1 amide bonds. The molecule has 0 saturated carbocycles. The van der Waals surface area contributed by atoms with Gasteiger partial charge >= 0.3 is 12.1 Å². The van der Waals surface area contributed by atoms with Crippen molar-refractivity contribution in [2.45, 2.75) is 46.0 Å². The van der Waals surface area contributed by atoms with Crippen molar-refractivity contribution in [2.75, 3.05) is 7.11 Å². The van der Waals surface area contributed by atoms with Gasteiger partial charge in [-0.15, -0.1) is 0 Å². The van der Waals surface area contributed by atoms with Crippen LogP contribution in [-0.4, -0.2) is 25.0 Å². The number of fused-ring (bicyclic) bond motifs is 1. The van der Waals surface area contributed by atoms with Gasteiger partial charge in [-0.3, -0.25) is 4.79 Å². The lowest BCUT2D eigenvalue weighted by Crippen LogP contribution is -2.50. The molecule has 0 spiro atoms. The quantitative estimate of drug-likeness (QED) is 0.289. The number of methoxy groups -OCH3 is 1. The maximum Gasteiger partial charge on any atom is 0.416 e. The van der Waals surface area contributed by atoms with Gasteiger partial charge in [0.2, 0.25) is 0 Å². The van der Waals surface area contributed by atoms with Gasteiger partial charge in [0.15, 0.2) is 0 Å². The minimum atomic E-state index is -4.47. The van der Waals surface area contributed by atoms with Crippen LogP contribution in [-0.2, 0) is 22.3 Å². The summed E-state index contributed by atoms with van der Waals surface area (Å²) in [4.78, 5) is 25.8. The normalized spacial score (nSPS) is 12.8. The highest BCUT2D eigenvalue weighted by molar-refractivity contribution is 6.05. The van der Waals surface area contributed by atoms with Gasteiger partial charge in [0, 0.05) is 5.39 Å². The highest BCUT2D eigenvalue weighted by atomic mass is 19.4. The van der Waals surface area contributed by atoms with Crippen molar-refractivity contribution >= 4 is 22.6 Å². The van der Waals surface area contributed by atoms with Gasteiger partial charge in [0.1, 0.15) is 24.2 Å². The van der Waals surface area contributed by atoms with E-state index in [2.05, 4.69) is 5.32 Å². The Hall–Kier alpha value is -3.62. The maximum atomic E-state index is 14.1. The van der Waals surface area contributed by atoms with Gasteiger partial charge in [-0.2, -0.15) is 13.2 Å². The summed E-state index contributed by atoms with van der Waals surface area (Å²) in [7, 11) is 1.23. The Morgan fingerprint density at radius 1 is 1.00 bits per heavy atom.